The molecule has 5 rings (SSSR count). The number of H-pyrrole nitrogens is 1. The van der Waals surface area contributed by atoms with Crippen molar-refractivity contribution >= 4 is 120 Å². The number of para-hydroxylation sites is 1. The van der Waals surface area contributed by atoms with E-state index in [1.807, 2.05) is 0 Å². The maximum Gasteiger partial charge on any atom is 0.303 e. The molecule has 23 N–H and O–H groups in total. The number of aliphatic carboxylic acids is 1. The number of amides is 11. The molecule has 1 aliphatic heterocycles. The van der Waals surface area contributed by atoms with E-state index >= 15 is 0 Å². The first-order valence-electron chi connectivity index (χ1n) is 30.5. The first kappa shape index (κ1) is 78.0. The average molecular weight is 1410 g/mol. The summed E-state index contributed by atoms with van der Waals surface area (Å²) in [6.07, 6.45) is -2.15. The molecule has 0 aliphatic carbocycles. The van der Waals surface area contributed by atoms with Gasteiger partial charge in [0.1, 0.15) is 65.9 Å². The Hall–Kier alpha value is -9.72. The van der Waals surface area contributed by atoms with Crippen LogP contribution in [0.25, 0.3) is 10.9 Å². The number of hydrogen-bond acceptors (Lipinski definition) is 19. The standard InChI is InChI=1S/C60H83N17O17S3/c1-31(2)50-59(92)73-42(25-32-10-14-35(78)15-11-32)55(88)70-39(9-6-23-67-60(63)64)52(85)66-24-22-48(81)69-40(18-20-47(61)80)53(86)72-43(27-34-28-68-38-8-5-4-7-37(34)38)56(89)71-41(19-21-49(82)83)54(87)74-45(51(62)84)29-95-96-30-46(58(91)76-50)75-57(90)44(77-97(93,94)65-3)26-33-12-16-36(79)17-13-33/h4-5,7-8,10-17,28,31,39-46,50,65,68,77-79H,6,9,18-27,29-30H2,1-3H3,(H2,61,80)(H2,62,84)(H,66,85)(H,69,81)(H,70,88)(H,71,89)(H,72,86)(H,73,92)(H,74,87)(H,75,90)(H,76,91)(H,82,83)(H4,63,64,67)/t39-,40-,41-,42-,43-,44-,45+,46-,50-/m0/s1. The van der Waals surface area contributed by atoms with Crippen molar-refractivity contribution in [2.45, 2.75) is 132 Å². The molecule has 1 saturated heterocycles. The fourth-order valence-electron chi connectivity index (χ4n) is 9.68. The Kier molecular flexibility index (Phi) is 30.7. The van der Waals surface area contributed by atoms with Gasteiger partial charge < -0.3 is 91.1 Å². The average Bonchev–Trinajstić information content (AvgIpc) is 2.02. The molecule has 1 aliphatic rings. The van der Waals surface area contributed by atoms with Gasteiger partial charge in [0, 0.05) is 80.8 Å². The molecule has 11 amide bonds. The summed E-state index contributed by atoms with van der Waals surface area (Å²) in [5, 5.41) is 53.4. The molecule has 0 spiro atoms. The van der Waals surface area contributed by atoms with Crippen LogP contribution in [-0.4, -0.2) is 192 Å². The molecule has 4 aromatic rings. The lowest BCUT2D eigenvalue weighted by Crippen LogP contribution is -2.61. The second-order valence-electron chi connectivity index (χ2n) is 22.8. The molecule has 1 aromatic heterocycles. The molecule has 0 radical (unpaired) electrons. The Morgan fingerprint density at radius 1 is 0.649 bits per heavy atom. The number of phenols is 2. The number of primary amides is 2. The predicted octanol–water partition coefficient (Wildman–Crippen LogP) is -3.87. The number of rotatable bonds is 23. The highest BCUT2D eigenvalue weighted by molar-refractivity contribution is 8.76. The van der Waals surface area contributed by atoms with Crippen molar-refractivity contribution in [3.63, 3.8) is 0 Å². The van der Waals surface area contributed by atoms with Crippen molar-refractivity contribution in [3.8, 4) is 11.5 Å². The van der Waals surface area contributed by atoms with E-state index in [0.717, 1.165) is 28.6 Å². The van der Waals surface area contributed by atoms with Gasteiger partial charge in [-0.1, -0.05) is 77.9 Å². The molecule has 34 nitrogen and oxygen atoms in total. The Balaban J connectivity index is 1.60. The fraction of sp³-hybridized carbons (Fsp3) is 0.450. The van der Waals surface area contributed by atoms with Gasteiger partial charge in [0.15, 0.2) is 5.96 Å². The van der Waals surface area contributed by atoms with Crippen LogP contribution in [0.4, 0.5) is 0 Å². The zero-order valence-electron chi connectivity index (χ0n) is 53.2. The summed E-state index contributed by atoms with van der Waals surface area (Å²) >= 11 is 0. The number of carboxylic acids is 1. The fourth-order valence-corrected chi connectivity index (χ4v) is 12.7. The van der Waals surface area contributed by atoms with E-state index in [9.17, 15) is 81.3 Å². The summed E-state index contributed by atoms with van der Waals surface area (Å²) in [6.45, 7) is 2.61. The van der Waals surface area contributed by atoms with Crippen LogP contribution in [0.1, 0.15) is 75.5 Å². The molecular weight excluding hydrogens is 1330 g/mol. The van der Waals surface area contributed by atoms with Crippen LogP contribution in [0.5, 0.6) is 11.5 Å². The van der Waals surface area contributed by atoms with Gasteiger partial charge >= 0.3 is 5.97 Å². The van der Waals surface area contributed by atoms with Gasteiger partial charge in [-0.15, -0.1) is 0 Å². The van der Waals surface area contributed by atoms with Crippen molar-refractivity contribution in [1.82, 2.24) is 62.3 Å². The molecule has 0 saturated carbocycles. The van der Waals surface area contributed by atoms with Gasteiger partial charge in [-0.3, -0.25) is 62.5 Å². The van der Waals surface area contributed by atoms with Crippen LogP contribution in [0, 0.1) is 5.92 Å². The highest BCUT2D eigenvalue weighted by Crippen LogP contribution is 2.25. The van der Waals surface area contributed by atoms with Crippen LogP contribution in [0.3, 0.4) is 0 Å². The molecule has 3 aromatic carbocycles. The number of carbonyl (C=O) groups is 12. The van der Waals surface area contributed by atoms with Crippen molar-refractivity contribution in [1.29, 1.82) is 0 Å². The third-order valence-electron chi connectivity index (χ3n) is 14.9. The van der Waals surface area contributed by atoms with Crippen LogP contribution in [-0.2, 0) is 87.0 Å². The summed E-state index contributed by atoms with van der Waals surface area (Å²) in [7, 11) is -1.69. The van der Waals surface area contributed by atoms with Crippen molar-refractivity contribution in [2.24, 2.45) is 33.8 Å². The number of carboxylic acid groups (broad SMARTS) is 1. The maximum atomic E-state index is 14.7. The third kappa shape index (κ3) is 26.4. The zero-order valence-corrected chi connectivity index (χ0v) is 55.7. The first-order valence-corrected chi connectivity index (χ1v) is 34.5. The maximum absolute atomic E-state index is 14.7. The van der Waals surface area contributed by atoms with Gasteiger partial charge in [0.25, 0.3) is 10.2 Å². The van der Waals surface area contributed by atoms with E-state index in [-0.39, 0.29) is 56.1 Å². The SMILES string of the molecule is CNS(=O)(=O)N[C@@H](Cc1ccc(O)cc1)C(=O)N[C@H]1CSSC[C@H](C(N)=O)NC(=O)[C@H](CCC(=O)O)NC(=O)[C@H](Cc2c[nH]c3ccccc23)NC(=O)[C@H](CCC(N)=O)NC(=O)CCNC(=O)[C@H](CCCN=C(N)N)NC(=O)[C@H](Cc2ccc(O)cc2)NC(=O)[C@H](C(C)C)NC1=O. The third-order valence-corrected chi connectivity index (χ3v) is 18.5. The van der Waals surface area contributed by atoms with Crippen molar-refractivity contribution in [3.05, 3.63) is 95.7 Å². The van der Waals surface area contributed by atoms with E-state index in [0.29, 0.717) is 27.6 Å². The number of nitrogens with one attached hydrogen (secondary N) is 12. The summed E-state index contributed by atoms with van der Waals surface area (Å²) in [6, 6.07) is 3.45. The quantitative estimate of drug-likeness (QED) is 0.0146. The number of aliphatic imine (C=N–C) groups is 1. The number of aromatic amines is 1. The van der Waals surface area contributed by atoms with Gasteiger partial charge in [0.2, 0.25) is 65.0 Å². The largest absolute Gasteiger partial charge is 0.508 e. The summed E-state index contributed by atoms with van der Waals surface area (Å²) in [5.41, 5.74) is 24.2. The van der Waals surface area contributed by atoms with Crippen LogP contribution >= 0.6 is 21.6 Å². The molecule has 0 bridgehead atoms. The van der Waals surface area contributed by atoms with E-state index in [1.165, 1.54) is 62.4 Å². The molecule has 1 fully saturated rings. The van der Waals surface area contributed by atoms with Gasteiger partial charge in [0.05, 0.1) is 0 Å². The molecular formula is C60H83N17O17S3. The summed E-state index contributed by atoms with van der Waals surface area (Å²) < 4.78 is 30.2. The van der Waals surface area contributed by atoms with E-state index in [1.54, 1.807) is 30.5 Å². The van der Waals surface area contributed by atoms with Gasteiger partial charge in [-0.05, 0) is 85.0 Å². The normalized spacial score (nSPS) is 21.6. The molecule has 528 valence electrons. The van der Waals surface area contributed by atoms with Crippen LogP contribution < -0.4 is 80.2 Å². The lowest BCUT2D eigenvalue weighted by Gasteiger charge is -2.29. The first-order chi connectivity index (χ1) is 45.9. The smallest absolute Gasteiger partial charge is 0.303 e. The topological polar surface area (TPSA) is 564 Å². The number of aromatic hydroxyl groups is 2. The van der Waals surface area contributed by atoms with Crippen molar-refractivity contribution in [2.75, 3.05) is 31.6 Å². The zero-order chi connectivity index (χ0) is 71.5. The minimum atomic E-state index is -4.39. The minimum Gasteiger partial charge on any atom is -0.508 e. The molecule has 97 heavy (non-hydrogen) atoms. The predicted molar refractivity (Wildman–Crippen MR) is 358 cm³/mol. The Morgan fingerprint density at radius 2 is 1.21 bits per heavy atom. The van der Waals surface area contributed by atoms with Crippen LogP contribution in [0.2, 0.25) is 0 Å². The lowest BCUT2D eigenvalue weighted by molar-refractivity contribution is -0.138. The highest BCUT2D eigenvalue weighted by Gasteiger charge is 2.37. The second-order valence-corrected chi connectivity index (χ2v) is 27.0. The minimum absolute atomic E-state index is 0.0231. The number of carbonyl (C=O) groups excluding carboxylic acids is 11. The van der Waals surface area contributed by atoms with Crippen LogP contribution in [0.15, 0.2) is 84.0 Å². The highest BCUT2D eigenvalue weighted by atomic mass is 33.1. The van der Waals surface area contributed by atoms with Gasteiger partial charge in [-0.25, -0.2) is 4.72 Å². The van der Waals surface area contributed by atoms with E-state index in [2.05, 4.69) is 67.3 Å². The number of guanidine groups is 1. The molecule has 0 unspecified atom stereocenters. The number of fused-ring (bicyclic) bond motifs is 1. The molecule has 37 heteroatoms. The van der Waals surface area contributed by atoms with E-state index < -0.39 is 192 Å². The Labute approximate surface area is 565 Å². The van der Waals surface area contributed by atoms with Gasteiger partial charge in [-0.2, -0.15) is 13.1 Å². The number of benzene rings is 3. The number of phenolic OH excluding ortho intramolecular Hbond substituents is 2. The monoisotopic (exact) mass is 1410 g/mol. The molecule has 9 atom stereocenters. The Morgan fingerprint density at radius 3 is 1.81 bits per heavy atom. The van der Waals surface area contributed by atoms with Crippen molar-refractivity contribution < 1.29 is 81.3 Å². The summed E-state index contributed by atoms with van der Waals surface area (Å²) in [4.78, 5) is 174. The summed E-state index contributed by atoms with van der Waals surface area (Å²) in [5.74, 6) is -14.6. The number of hydrogen-bond donors (Lipinski definition) is 19. The lowest BCUT2D eigenvalue weighted by atomic mass is 10.00. The molecule has 2 heterocycles. The Bertz CT molecular complexity index is 3600. The number of nitrogens with zero attached hydrogens (tertiary/aromatic N) is 1. The number of aromatic nitrogens is 1. The number of nitrogens with two attached hydrogens (primary N) is 4. The van der Waals surface area contributed by atoms with E-state index in [4.69, 9.17) is 22.9 Å². The second kappa shape index (κ2) is 38.1.